The van der Waals surface area contributed by atoms with Crippen LogP contribution in [-0.2, 0) is 24.3 Å². The summed E-state index contributed by atoms with van der Waals surface area (Å²) in [6.45, 7) is 5.39. The summed E-state index contributed by atoms with van der Waals surface area (Å²) in [5.74, 6) is -1.82. The standard InChI is InChI=1S/C26H30ClFN4O7S/c1-4-16-11-22(39-25(16)34)19(29-40(37,38)23-8-6-5-7-20(23)32(35)36)13-30-14-24(33)31(15-26(30,2)3)21-12-17(28)9-10-18(21)27/h5-10,12,16,19,22,29H,4,11,13-15H2,1-3H3/t16-,19+,22+/m1/s1. The zero-order valence-corrected chi connectivity index (χ0v) is 23.7. The van der Waals surface area contributed by atoms with Gasteiger partial charge < -0.3 is 9.64 Å². The van der Waals surface area contributed by atoms with E-state index in [1.807, 2.05) is 20.8 Å². The van der Waals surface area contributed by atoms with Gasteiger partial charge in [0.1, 0.15) is 11.9 Å². The number of para-hydroxylation sites is 1. The third kappa shape index (κ3) is 6.12. The van der Waals surface area contributed by atoms with E-state index in [9.17, 15) is 32.5 Å². The Kier molecular flexibility index (Phi) is 8.50. The predicted molar refractivity (Wildman–Crippen MR) is 145 cm³/mol. The van der Waals surface area contributed by atoms with Crippen LogP contribution in [0.4, 0.5) is 15.8 Å². The van der Waals surface area contributed by atoms with Gasteiger partial charge in [-0.1, -0.05) is 30.7 Å². The number of nitrogens with one attached hydrogen (secondary N) is 1. The molecule has 2 fully saturated rings. The largest absolute Gasteiger partial charge is 0.460 e. The number of ether oxygens (including phenoxy) is 1. The first-order valence-electron chi connectivity index (χ1n) is 12.7. The van der Waals surface area contributed by atoms with Gasteiger partial charge in [-0.25, -0.2) is 17.5 Å². The topological polar surface area (TPSA) is 139 Å². The van der Waals surface area contributed by atoms with Crippen molar-refractivity contribution in [3.05, 3.63) is 63.4 Å². The van der Waals surface area contributed by atoms with Crippen LogP contribution < -0.4 is 9.62 Å². The van der Waals surface area contributed by atoms with Crippen molar-refractivity contribution in [2.75, 3.05) is 24.5 Å². The van der Waals surface area contributed by atoms with Crippen molar-refractivity contribution in [2.24, 2.45) is 5.92 Å². The van der Waals surface area contributed by atoms with E-state index in [1.54, 1.807) is 4.90 Å². The molecule has 216 valence electrons. The highest BCUT2D eigenvalue weighted by atomic mass is 35.5. The number of carbonyl (C=O) groups is 2. The first-order valence-corrected chi connectivity index (χ1v) is 14.6. The van der Waals surface area contributed by atoms with E-state index in [0.29, 0.717) is 6.42 Å². The average molecular weight is 597 g/mol. The van der Waals surface area contributed by atoms with Crippen molar-refractivity contribution < 1.29 is 32.1 Å². The monoisotopic (exact) mass is 596 g/mol. The van der Waals surface area contributed by atoms with Gasteiger partial charge in [-0.3, -0.25) is 24.6 Å². The van der Waals surface area contributed by atoms with Crippen LogP contribution in [0.25, 0.3) is 0 Å². The number of carbonyl (C=O) groups excluding carboxylic acids is 2. The number of esters is 1. The molecule has 14 heteroatoms. The maximum absolute atomic E-state index is 14.0. The molecule has 0 aromatic heterocycles. The summed E-state index contributed by atoms with van der Waals surface area (Å²) >= 11 is 6.25. The van der Waals surface area contributed by atoms with Crippen LogP contribution >= 0.6 is 11.6 Å². The van der Waals surface area contributed by atoms with E-state index < -0.39 is 60.9 Å². The molecule has 11 nitrogen and oxygen atoms in total. The Balaban J connectivity index is 1.64. The fourth-order valence-corrected chi connectivity index (χ4v) is 6.72. The summed E-state index contributed by atoms with van der Waals surface area (Å²) in [6.07, 6.45) is -0.126. The molecule has 40 heavy (non-hydrogen) atoms. The second-order valence-electron chi connectivity index (χ2n) is 10.5. The average Bonchev–Trinajstić information content (AvgIpc) is 3.27. The van der Waals surface area contributed by atoms with Gasteiger partial charge in [0.2, 0.25) is 15.9 Å². The predicted octanol–water partition coefficient (Wildman–Crippen LogP) is 3.50. The molecule has 2 aliphatic rings. The van der Waals surface area contributed by atoms with Crippen molar-refractivity contribution in [3.63, 3.8) is 0 Å². The van der Waals surface area contributed by atoms with Gasteiger partial charge in [0.15, 0.2) is 4.90 Å². The molecule has 2 aromatic carbocycles. The zero-order chi connectivity index (χ0) is 29.4. The lowest BCUT2D eigenvalue weighted by Crippen LogP contribution is -2.65. The first-order chi connectivity index (χ1) is 18.7. The van der Waals surface area contributed by atoms with Gasteiger partial charge in [0.25, 0.3) is 5.69 Å². The highest BCUT2D eigenvalue weighted by Gasteiger charge is 2.45. The summed E-state index contributed by atoms with van der Waals surface area (Å²) in [7, 11) is -4.44. The molecule has 0 aliphatic carbocycles. The number of benzene rings is 2. The van der Waals surface area contributed by atoms with Gasteiger partial charge in [0.05, 0.1) is 34.1 Å². The molecule has 2 saturated heterocycles. The number of hydrogen-bond acceptors (Lipinski definition) is 8. The Bertz CT molecular complexity index is 1440. The third-order valence-electron chi connectivity index (χ3n) is 7.36. The van der Waals surface area contributed by atoms with E-state index in [1.165, 1.54) is 35.2 Å². The van der Waals surface area contributed by atoms with Crippen molar-refractivity contribution in [2.45, 2.75) is 56.2 Å². The van der Waals surface area contributed by atoms with E-state index in [2.05, 4.69) is 4.72 Å². The Morgan fingerprint density at radius 3 is 2.60 bits per heavy atom. The fourth-order valence-electron chi connectivity index (χ4n) is 5.08. The van der Waals surface area contributed by atoms with Gasteiger partial charge in [-0.15, -0.1) is 0 Å². The quantitative estimate of drug-likeness (QED) is 0.264. The number of rotatable bonds is 9. The molecule has 0 radical (unpaired) electrons. The lowest BCUT2D eigenvalue weighted by Gasteiger charge is -2.48. The molecule has 0 unspecified atom stereocenters. The Morgan fingerprint density at radius 1 is 1.25 bits per heavy atom. The van der Waals surface area contributed by atoms with Crippen LogP contribution in [0.2, 0.25) is 5.02 Å². The number of cyclic esters (lactones) is 1. The van der Waals surface area contributed by atoms with Crippen molar-refractivity contribution >= 4 is 44.9 Å². The van der Waals surface area contributed by atoms with Gasteiger partial charge in [-0.2, -0.15) is 0 Å². The number of nitrogens with zero attached hydrogens (tertiary/aromatic N) is 3. The normalized spacial score (nSPS) is 22.3. The number of nitro benzene ring substituents is 1. The SMILES string of the molecule is CC[C@@H]1C[C@@H]([C@H](CN2CC(=O)N(c3cc(F)ccc3Cl)CC2(C)C)NS(=O)(=O)c2ccccc2[N+](=O)[O-])OC1=O. The smallest absolute Gasteiger partial charge is 0.309 e. The van der Waals surface area contributed by atoms with Crippen LogP contribution in [0.15, 0.2) is 47.4 Å². The maximum atomic E-state index is 14.0. The molecule has 0 spiro atoms. The van der Waals surface area contributed by atoms with Crippen LogP contribution in [0.1, 0.15) is 33.6 Å². The minimum Gasteiger partial charge on any atom is -0.460 e. The van der Waals surface area contributed by atoms with Crippen LogP contribution in [0, 0.1) is 21.8 Å². The first kappa shape index (κ1) is 29.8. The molecule has 4 rings (SSSR count). The zero-order valence-electron chi connectivity index (χ0n) is 22.2. The molecule has 1 N–H and O–H groups in total. The van der Waals surface area contributed by atoms with Crippen LogP contribution in [0.5, 0.6) is 0 Å². The second-order valence-corrected chi connectivity index (χ2v) is 12.6. The molecule has 0 bridgehead atoms. The fraction of sp³-hybridized carbons (Fsp3) is 0.462. The minimum atomic E-state index is -4.44. The summed E-state index contributed by atoms with van der Waals surface area (Å²) in [5, 5.41) is 11.7. The molecule has 2 aliphatic heterocycles. The molecular weight excluding hydrogens is 567 g/mol. The third-order valence-corrected chi connectivity index (χ3v) is 9.22. The number of piperazine rings is 1. The summed E-state index contributed by atoms with van der Waals surface area (Å²) in [5.41, 5.74) is -1.12. The van der Waals surface area contributed by atoms with E-state index in [0.717, 1.165) is 12.1 Å². The van der Waals surface area contributed by atoms with Crippen molar-refractivity contribution in [1.29, 1.82) is 0 Å². The summed E-state index contributed by atoms with van der Waals surface area (Å²) in [4.78, 5) is 39.0. The number of halogens is 2. The minimum absolute atomic E-state index is 0.0439. The van der Waals surface area contributed by atoms with Gasteiger partial charge in [-0.05, 0) is 51.0 Å². The van der Waals surface area contributed by atoms with E-state index in [4.69, 9.17) is 16.3 Å². The van der Waals surface area contributed by atoms with Crippen LogP contribution in [-0.4, -0.2) is 67.4 Å². The number of amides is 1. The number of hydrogen-bond donors (Lipinski definition) is 1. The lowest BCUT2D eigenvalue weighted by molar-refractivity contribution is -0.387. The van der Waals surface area contributed by atoms with Crippen LogP contribution in [0.3, 0.4) is 0 Å². The number of sulfonamides is 1. The Labute approximate surface area is 236 Å². The Morgan fingerprint density at radius 2 is 1.95 bits per heavy atom. The second kappa shape index (κ2) is 11.4. The molecule has 3 atom stereocenters. The molecule has 1 amide bonds. The highest BCUT2D eigenvalue weighted by molar-refractivity contribution is 7.89. The van der Waals surface area contributed by atoms with Gasteiger partial charge >= 0.3 is 5.97 Å². The van der Waals surface area contributed by atoms with E-state index >= 15 is 0 Å². The molecule has 2 heterocycles. The highest BCUT2D eigenvalue weighted by Crippen LogP contribution is 2.34. The number of nitro groups is 1. The summed E-state index contributed by atoms with van der Waals surface area (Å²) in [6, 6.07) is 7.66. The molecule has 2 aromatic rings. The lowest BCUT2D eigenvalue weighted by atomic mass is 9.94. The Hall–Kier alpha value is -3.13. The maximum Gasteiger partial charge on any atom is 0.309 e. The molecule has 0 saturated carbocycles. The van der Waals surface area contributed by atoms with E-state index in [-0.39, 0.29) is 42.7 Å². The molecular formula is C26H30ClFN4O7S. The summed E-state index contributed by atoms with van der Waals surface area (Å²) < 4.78 is 48.9. The van der Waals surface area contributed by atoms with Gasteiger partial charge in [0, 0.05) is 24.7 Å². The number of anilines is 1. The van der Waals surface area contributed by atoms with Crippen molar-refractivity contribution in [1.82, 2.24) is 9.62 Å². The van der Waals surface area contributed by atoms with Crippen molar-refractivity contribution in [3.8, 4) is 0 Å².